The van der Waals surface area contributed by atoms with Gasteiger partial charge in [-0.25, -0.2) is 8.42 Å². The highest BCUT2D eigenvalue weighted by Gasteiger charge is 2.18. The SMILES string of the molecule is C=CS(=O)(=O)CC(C)(C)C. The minimum absolute atomic E-state index is 0.170. The van der Waals surface area contributed by atoms with Gasteiger partial charge >= 0.3 is 0 Å². The highest BCUT2D eigenvalue weighted by molar-refractivity contribution is 7.94. The van der Waals surface area contributed by atoms with E-state index in [1.165, 1.54) is 0 Å². The molecular formula is C7H14O2S. The fraction of sp³-hybridized carbons (Fsp3) is 0.714. The molecule has 0 atom stereocenters. The molecule has 0 aromatic heterocycles. The van der Waals surface area contributed by atoms with Crippen LogP contribution in [0.5, 0.6) is 0 Å². The smallest absolute Gasteiger partial charge is 0.171 e. The summed E-state index contributed by atoms with van der Waals surface area (Å²) in [5.74, 6) is 0.170. The maximum absolute atomic E-state index is 10.9. The molecule has 0 amide bonds. The van der Waals surface area contributed by atoms with Crippen molar-refractivity contribution in [3.8, 4) is 0 Å². The quantitative estimate of drug-likeness (QED) is 0.618. The molecule has 0 radical (unpaired) electrons. The van der Waals surface area contributed by atoms with Gasteiger partial charge in [-0.1, -0.05) is 27.4 Å². The van der Waals surface area contributed by atoms with Gasteiger partial charge in [-0.15, -0.1) is 0 Å². The molecule has 0 heterocycles. The minimum Gasteiger partial charge on any atom is -0.224 e. The van der Waals surface area contributed by atoms with Gasteiger partial charge < -0.3 is 0 Å². The van der Waals surface area contributed by atoms with Gasteiger partial charge in [0.1, 0.15) is 0 Å². The zero-order valence-electron chi connectivity index (χ0n) is 6.72. The molecule has 0 saturated carbocycles. The van der Waals surface area contributed by atoms with Gasteiger partial charge in [-0.3, -0.25) is 0 Å². The Morgan fingerprint density at radius 2 is 1.80 bits per heavy atom. The second kappa shape index (κ2) is 2.74. The fourth-order valence-corrected chi connectivity index (χ4v) is 1.99. The van der Waals surface area contributed by atoms with Crippen LogP contribution >= 0.6 is 0 Å². The van der Waals surface area contributed by atoms with Gasteiger partial charge in [0.15, 0.2) is 9.84 Å². The van der Waals surface area contributed by atoms with E-state index in [4.69, 9.17) is 0 Å². The summed E-state index contributed by atoms with van der Waals surface area (Å²) in [7, 11) is -3.01. The fourth-order valence-electron chi connectivity index (χ4n) is 0.662. The summed E-state index contributed by atoms with van der Waals surface area (Å²) in [6.45, 7) is 8.88. The summed E-state index contributed by atoms with van der Waals surface area (Å²) in [5.41, 5.74) is -0.174. The monoisotopic (exact) mass is 162 g/mol. The van der Waals surface area contributed by atoms with Gasteiger partial charge in [0, 0.05) is 5.41 Å². The number of hydrogen-bond donors (Lipinski definition) is 0. The van der Waals surface area contributed by atoms with Crippen LogP contribution in [0.2, 0.25) is 0 Å². The van der Waals surface area contributed by atoms with Crippen LogP contribution in [-0.4, -0.2) is 14.2 Å². The van der Waals surface area contributed by atoms with Crippen molar-refractivity contribution in [2.75, 3.05) is 5.75 Å². The van der Waals surface area contributed by atoms with Crippen molar-refractivity contribution < 1.29 is 8.42 Å². The van der Waals surface area contributed by atoms with Crippen LogP contribution in [0.3, 0.4) is 0 Å². The van der Waals surface area contributed by atoms with Crippen LogP contribution in [0.25, 0.3) is 0 Å². The number of rotatable bonds is 2. The van der Waals surface area contributed by atoms with E-state index in [2.05, 4.69) is 6.58 Å². The molecule has 0 aromatic rings. The van der Waals surface area contributed by atoms with Crippen LogP contribution in [-0.2, 0) is 9.84 Å². The number of hydrogen-bond acceptors (Lipinski definition) is 2. The summed E-state index contributed by atoms with van der Waals surface area (Å²) < 4.78 is 21.8. The molecule has 60 valence electrons. The Morgan fingerprint density at radius 3 is 1.90 bits per heavy atom. The van der Waals surface area contributed by atoms with Gasteiger partial charge in [0.2, 0.25) is 0 Å². The summed E-state index contributed by atoms with van der Waals surface area (Å²) in [6, 6.07) is 0. The first-order valence-electron chi connectivity index (χ1n) is 3.12. The summed E-state index contributed by atoms with van der Waals surface area (Å²) in [5, 5.41) is 1.01. The number of sulfone groups is 1. The largest absolute Gasteiger partial charge is 0.224 e. The third kappa shape index (κ3) is 4.56. The Morgan fingerprint density at radius 1 is 1.40 bits per heavy atom. The zero-order valence-corrected chi connectivity index (χ0v) is 7.53. The molecule has 0 aliphatic heterocycles. The van der Waals surface area contributed by atoms with E-state index in [1.54, 1.807) is 0 Å². The van der Waals surface area contributed by atoms with E-state index < -0.39 is 9.84 Å². The van der Waals surface area contributed by atoms with Crippen molar-refractivity contribution in [1.82, 2.24) is 0 Å². The molecule has 0 spiro atoms. The lowest BCUT2D eigenvalue weighted by Gasteiger charge is -2.15. The maximum Gasteiger partial charge on any atom is 0.171 e. The molecule has 3 heteroatoms. The lowest BCUT2D eigenvalue weighted by molar-refractivity contribution is 0.464. The molecule has 10 heavy (non-hydrogen) atoms. The van der Waals surface area contributed by atoms with Crippen molar-refractivity contribution >= 4 is 9.84 Å². The summed E-state index contributed by atoms with van der Waals surface area (Å²) in [4.78, 5) is 0. The van der Waals surface area contributed by atoms with E-state index >= 15 is 0 Å². The molecule has 0 bridgehead atoms. The molecule has 0 rings (SSSR count). The van der Waals surface area contributed by atoms with E-state index in [0.29, 0.717) is 0 Å². The average molecular weight is 162 g/mol. The molecule has 2 nitrogen and oxygen atoms in total. The van der Waals surface area contributed by atoms with Crippen LogP contribution < -0.4 is 0 Å². The predicted molar refractivity (Wildman–Crippen MR) is 43.4 cm³/mol. The molecule has 0 aromatic carbocycles. The van der Waals surface area contributed by atoms with E-state index in [-0.39, 0.29) is 11.2 Å². The first-order chi connectivity index (χ1) is 4.27. The van der Waals surface area contributed by atoms with Crippen molar-refractivity contribution in [2.45, 2.75) is 20.8 Å². The average Bonchev–Trinajstić information content (AvgIpc) is 1.60. The molecule has 0 N–H and O–H groups in total. The topological polar surface area (TPSA) is 34.1 Å². The van der Waals surface area contributed by atoms with Crippen LogP contribution in [0.4, 0.5) is 0 Å². The third-order valence-electron chi connectivity index (χ3n) is 0.888. The van der Waals surface area contributed by atoms with Crippen LogP contribution in [0.15, 0.2) is 12.0 Å². The Bertz CT molecular complexity index is 206. The molecule has 0 unspecified atom stereocenters. The first kappa shape index (κ1) is 9.69. The van der Waals surface area contributed by atoms with E-state index in [0.717, 1.165) is 5.41 Å². The Kier molecular flexibility index (Phi) is 2.66. The zero-order chi connectivity index (χ0) is 8.41. The third-order valence-corrected chi connectivity index (χ3v) is 2.66. The van der Waals surface area contributed by atoms with Crippen molar-refractivity contribution in [3.63, 3.8) is 0 Å². The van der Waals surface area contributed by atoms with Gasteiger partial charge in [-0.05, 0) is 5.41 Å². The maximum atomic E-state index is 10.9. The molecule has 0 aliphatic carbocycles. The van der Waals surface area contributed by atoms with Crippen LogP contribution in [0.1, 0.15) is 20.8 Å². The van der Waals surface area contributed by atoms with Gasteiger partial charge in [-0.2, -0.15) is 0 Å². The highest BCUT2D eigenvalue weighted by atomic mass is 32.2. The Labute approximate surface area is 62.9 Å². The van der Waals surface area contributed by atoms with Gasteiger partial charge in [0.05, 0.1) is 5.75 Å². The highest BCUT2D eigenvalue weighted by Crippen LogP contribution is 2.16. The first-order valence-corrected chi connectivity index (χ1v) is 4.83. The second-order valence-electron chi connectivity index (χ2n) is 3.53. The van der Waals surface area contributed by atoms with E-state index in [1.807, 2.05) is 20.8 Å². The normalized spacial score (nSPS) is 13.1. The predicted octanol–water partition coefficient (Wildman–Crippen LogP) is 1.59. The molecule has 0 saturated heterocycles. The van der Waals surface area contributed by atoms with E-state index in [9.17, 15) is 8.42 Å². The Balaban J connectivity index is 4.32. The molecule has 0 aliphatic rings. The lowest BCUT2D eigenvalue weighted by atomic mass is 10.0. The second-order valence-corrected chi connectivity index (χ2v) is 5.48. The van der Waals surface area contributed by atoms with Crippen molar-refractivity contribution in [3.05, 3.63) is 12.0 Å². The van der Waals surface area contributed by atoms with Gasteiger partial charge in [0.25, 0.3) is 0 Å². The Hall–Kier alpha value is -0.310. The lowest BCUT2D eigenvalue weighted by Crippen LogP contribution is -2.18. The summed E-state index contributed by atoms with van der Waals surface area (Å²) in [6.07, 6.45) is 0. The minimum atomic E-state index is -3.01. The van der Waals surface area contributed by atoms with Crippen molar-refractivity contribution in [1.29, 1.82) is 0 Å². The standard InChI is InChI=1S/C7H14O2S/c1-5-10(8,9)6-7(2,3)4/h5H,1,6H2,2-4H3. The van der Waals surface area contributed by atoms with Crippen molar-refractivity contribution in [2.24, 2.45) is 5.41 Å². The molecular weight excluding hydrogens is 148 g/mol. The summed E-state index contributed by atoms with van der Waals surface area (Å²) >= 11 is 0. The molecule has 0 fully saturated rings. The van der Waals surface area contributed by atoms with Crippen LogP contribution in [0, 0.1) is 5.41 Å².